The third-order valence-corrected chi connectivity index (χ3v) is 3.33. The van der Waals surface area contributed by atoms with Gasteiger partial charge in [0.15, 0.2) is 0 Å². The quantitative estimate of drug-likeness (QED) is 0.774. The van der Waals surface area contributed by atoms with Crippen molar-refractivity contribution in [3.05, 3.63) is 42.4 Å². The second-order valence-corrected chi connectivity index (χ2v) is 5.60. The zero-order valence-corrected chi connectivity index (χ0v) is 13.2. The Balaban J connectivity index is 1.80. The number of nitrogens with one attached hydrogen (secondary N) is 2. The van der Waals surface area contributed by atoms with Crippen LogP contribution in [0.2, 0.25) is 0 Å². The van der Waals surface area contributed by atoms with Crippen LogP contribution in [0.3, 0.4) is 0 Å². The van der Waals surface area contributed by atoms with E-state index in [1.54, 1.807) is 4.52 Å². The van der Waals surface area contributed by atoms with Crippen LogP contribution in [0, 0.1) is 12.8 Å². The number of hydrogen-bond acceptors (Lipinski definition) is 5. The minimum absolute atomic E-state index is 0.000193. The molecule has 0 aliphatic heterocycles. The lowest BCUT2D eigenvalue weighted by Gasteiger charge is -2.11. The van der Waals surface area contributed by atoms with Crippen molar-refractivity contribution in [1.29, 1.82) is 0 Å². The van der Waals surface area contributed by atoms with Crippen LogP contribution in [0.15, 0.2) is 36.7 Å². The highest BCUT2D eigenvalue weighted by Gasteiger charge is 2.08. The minimum atomic E-state index is -0.0480. The van der Waals surface area contributed by atoms with Crippen LogP contribution in [0.25, 0.3) is 5.78 Å². The first-order chi connectivity index (χ1) is 11.0. The van der Waals surface area contributed by atoms with E-state index in [-0.39, 0.29) is 11.8 Å². The summed E-state index contributed by atoms with van der Waals surface area (Å²) in [6.07, 6.45) is 1.47. The van der Waals surface area contributed by atoms with Crippen molar-refractivity contribution in [3.8, 4) is 0 Å². The molecule has 0 atom stereocenters. The van der Waals surface area contributed by atoms with Crippen molar-refractivity contribution in [3.63, 3.8) is 0 Å². The molecule has 2 aromatic heterocycles. The van der Waals surface area contributed by atoms with Gasteiger partial charge in [-0.1, -0.05) is 13.8 Å². The molecule has 0 aliphatic rings. The number of hydrogen-bond donors (Lipinski definition) is 2. The summed E-state index contributed by atoms with van der Waals surface area (Å²) in [4.78, 5) is 20.1. The van der Waals surface area contributed by atoms with E-state index in [9.17, 15) is 4.79 Å². The van der Waals surface area contributed by atoms with Crippen LogP contribution in [0.5, 0.6) is 0 Å². The molecule has 7 nitrogen and oxygen atoms in total. The summed E-state index contributed by atoms with van der Waals surface area (Å²) >= 11 is 0. The molecule has 23 heavy (non-hydrogen) atoms. The number of aromatic nitrogens is 4. The first-order valence-electron chi connectivity index (χ1n) is 7.38. The standard InChI is InChI=1S/C16H18N6O/c1-10(2)15(23)21-13-6-4-12(5-7-13)20-14-8-11(3)19-16-17-9-18-22(14)16/h4-10,20H,1-3H3,(H,21,23). The molecule has 0 saturated carbocycles. The fraction of sp³-hybridized carbons (Fsp3) is 0.250. The van der Waals surface area contributed by atoms with Gasteiger partial charge in [-0.15, -0.1) is 0 Å². The lowest BCUT2D eigenvalue weighted by molar-refractivity contribution is -0.118. The number of carbonyl (C=O) groups is 1. The molecule has 7 heteroatoms. The first-order valence-corrected chi connectivity index (χ1v) is 7.38. The van der Waals surface area contributed by atoms with E-state index in [1.165, 1.54) is 6.33 Å². The molecule has 0 spiro atoms. The SMILES string of the molecule is Cc1cc(Nc2ccc(NC(=O)C(C)C)cc2)n2ncnc2n1. The Kier molecular flexibility index (Phi) is 3.92. The van der Waals surface area contributed by atoms with Gasteiger partial charge in [0, 0.05) is 29.1 Å². The Morgan fingerprint density at radius 1 is 1.17 bits per heavy atom. The molecule has 2 N–H and O–H groups in total. The van der Waals surface area contributed by atoms with Crippen LogP contribution >= 0.6 is 0 Å². The maximum atomic E-state index is 11.7. The van der Waals surface area contributed by atoms with Gasteiger partial charge in [-0.3, -0.25) is 4.79 Å². The fourth-order valence-electron chi connectivity index (χ4n) is 2.09. The van der Waals surface area contributed by atoms with Crippen LogP contribution in [-0.2, 0) is 4.79 Å². The van der Waals surface area contributed by atoms with Crippen molar-refractivity contribution in [2.24, 2.45) is 5.92 Å². The number of amides is 1. The molecule has 1 aromatic carbocycles. The van der Waals surface area contributed by atoms with Gasteiger partial charge >= 0.3 is 0 Å². The summed E-state index contributed by atoms with van der Waals surface area (Å²) in [5.74, 6) is 1.28. The van der Waals surface area contributed by atoms with E-state index < -0.39 is 0 Å². The Morgan fingerprint density at radius 2 is 1.87 bits per heavy atom. The highest BCUT2D eigenvalue weighted by atomic mass is 16.1. The number of benzene rings is 1. The number of aryl methyl sites for hydroxylation is 1. The molecule has 0 radical (unpaired) electrons. The van der Waals surface area contributed by atoms with Gasteiger partial charge in [0.05, 0.1) is 0 Å². The number of nitrogens with zero attached hydrogens (tertiary/aromatic N) is 4. The molecule has 3 aromatic rings. The normalized spacial score (nSPS) is 11.0. The van der Waals surface area contributed by atoms with Crippen LogP contribution in [0.1, 0.15) is 19.5 Å². The number of fused-ring (bicyclic) bond motifs is 1. The average Bonchev–Trinajstić information content (AvgIpc) is 2.97. The lowest BCUT2D eigenvalue weighted by atomic mass is 10.2. The molecule has 2 heterocycles. The Bertz CT molecular complexity index is 837. The molecule has 118 valence electrons. The molecule has 0 fully saturated rings. The molecule has 3 rings (SSSR count). The third kappa shape index (κ3) is 3.28. The zero-order chi connectivity index (χ0) is 16.4. The zero-order valence-electron chi connectivity index (χ0n) is 13.2. The van der Waals surface area contributed by atoms with Crippen LogP contribution in [0.4, 0.5) is 17.2 Å². The summed E-state index contributed by atoms with van der Waals surface area (Å²) in [5, 5.41) is 10.3. The van der Waals surface area contributed by atoms with Gasteiger partial charge in [-0.25, -0.2) is 4.98 Å². The molecule has 0 bridgehead atoms. The van der Waals surface area contributed by atoms with E-state index in [2.05, 4.69) is 25.7 Å². The summed E-state index contributed by atoms with van der Waals surface area (Å²) in [5.41, 5.74) is 2.51. The molecular formula is C16H18N6O. The second kappa shape index (κ2) is 6.04. The number of rotatable bonds is 4. The van der Waals surface area contributed by atoms with Gasteiger partial charge in [0.2, 0.25) is 5.91 Å². The summed E-state index contributed by atoms with van der Waals surface area (Å²) in [6, 6.07) is 9.41. The molecule has 0 unspecified atom stereocenters. The lowest BCUT2D eigenvalue weighted by Crippen LogP contribution is -2.17. The maximum absolute atomic E-state index is 11.7. The van der Waals surface area contributed by atoms with E-state index in [0.717, 1.165) is 22.9 Å². The van der Waals surface area contributed by atoms with Gasteiger partial charge in [0.25, 0.3) is 5.78 Å². The van der Waals surface area contributed by atoms with Gasteiger partial charge in [-0.2, -0.15) is 14.6 Å². The third-order valence-electron chi connectivity index (χ3n) is 3.33. The highest BCUT2D eigenvalue weighted by Crippen LogP contribution is 2.20. The first kappa shape index (κ1) is 15.0. The predicted molar refractivity (Wildman–Crippen MR) is 88.7 cm³/mol. The van der Waals surface area contributed by atoms with E-state index in [4.69, 9.17) is 0 Å². The maximum Gasteiger partial charge on any atom is 0.254 e. The smallest absolute Gasteiger partial charge is 0.254 e. The summed E-state index contributed by atoms with van der Waals surface area (Å²) < 4.78 is 1.64. The predicted octanol–water partition coefficient (Wildman–Crippen LogP) is 2.77. The highest BCUT2D eigenvalue weighted by molar-refractivity contribution is 5.92. The number of carbonyl (C=O) groups excluding carboxylic acids is 1. The molecule has 1 amide bonds. The Hall–Kier alpha value is -2.96. The summed E-state index contributed by atoms with van der Waals surface area (Å²) in [6.45, 7) is 5.63. The number of anilines is 3. The second-order valence-electron chi connectivity index (χ2n) is 5.60. The Labute approximate surface area is 133 Å². The van der Waals surface area contributed by atoms with Crippen molar-refractivity contribution in [2.75, 3.05) is 10.6 Å². The molecular weight excluding hydrogens is 292 g/mol. The van der Waals surface area contributed by atoms with Gasteiger partial charge in [0.1, 0.15) is 12.1 Å². The van der Waals surface area contributed by atoms with Crippen molar-refractivity contribution < 1.29 is 4.79 Å². The molecule has 0 saturated heterocycles. The van der Waals surface area contributed by atoms with E-state index in [1.807, 2.05) is 51.1 Å². The summed E-state index contributed by atoms with van der Waals surface area (Å²) in [7, 11) is 0. The monoisotopic (exact) mass is 310 g/mol. The van der Waals surface area contributed by atoms with Crippen molar-refractivity contribution >= 4 is 28.9 Å². The van der Waals surface area contributed by atoms with Crippen LogP contribution < -0.4 is 10.6 Å². The van der Waals surface area contributed by atoms with Crippen molar-refractivity contribution in [1.82, 2.24) is 19.6 Å². The average molecular weight is 310 g/mol. The topological polar surface area (TPSA) is 84.2 Å². The van der Waals surface area contributed by atoms with Crippen LogP contribution in [-0.4, -0.2) is 25.5 Å². The van der Waals surface area contributed by atoms with Crippen molar-refractivity contribution in [2.45, 2.75) is 20.8 Å². The van der Waals surface area contributed by atoms with Gasteiger partial charge in [-0.05, 0) is 31.2 Å². The van der Waals surface area contributed by atoms with E-state index in [0.29, 0.717) is 5.78 Å². The van der Waals surface area contributed by atoms with E-state index >= 15 is 0 Å². The van der Waals surface area contributed by atoms with Gasteiger partial charge < -0.3 is 10.6 Å². The fourth-order valence-corrected chi connectivity index (χ4v) is 2.09. The minimum Gasteiger partial charge on any atom is -0.340 e. The molecule has 0 aliphatic carbocycles. The Morgan fingerprint density at radius 3 is 2.57 bits per heavy atom. The largest absolute Gasteiger partial charge is 0.340 e.